The van der Waals surface area contributed by atoms with E-state index in [4.69, 9.17) is 9.47 Å². The van der Waals surface area contributed by atoms with Crippen LogP contribution in [0.3, 0.4) is 0 Å². The van der Waals surface area contributed by atoms with Crippen LogP contribution in [0.25, 0.3) is 0 Å². The molecule has 0 heterocycles. The van der Waals surface area contributed by atoms with Crippen molar-refractivity contribution in [3.05, 3.63) is 29.8 Å². The highest BCUT2D eigenvalue weighted by Crippen LogP contribution is 2.28. The first-order valence-corrected chi connectivity index (χ1v) is 12.8. The topological polar surface area (TPSA) is 156 Å². The molecule has 1 aliphatic carbocycles. The summed E-state index contributed by atoms with van der Waals surface area (Å²) in [5.41, 5.74) is -1.36. The molecule has 11 nitrogen and oxygen atoms in total. The maximum absolute atomic E-state index is 13.4. The van der Waals surface area contributed by atoms with Crippen LogP contribution < -0.4 is 4.72 Å². The molecule has 1 amide bonds. The number of nitrogens with one attached hydrogen (secondary N) is 1. The molecular formula is C23H32N2O9S. The van der Waals surface area contributed by atoms with E-state index in [1.807, 2.05) is 0 Å². The summed E-state index contributed by atoms with van der Waals surface area (Å²) in [6.07, 6.45) is 0.627. The van der Waals surface area contributed by atoms with E-state index in [1.165, 1.54) is 17.0 Å². The highest BCUT2D eigenvalue weighted by molar-refractivity contribution is 7.89. The van der Waals surface area contributed by atoms with Crippen LogP contribution in [0.5, 0.6) is 0 Å². The van der Waals surface area contributed by atoms with Gasteiger partial charge >= 0.3 is 17.9 Å². The molecular weight excluding hydrogens is 480 g/mol. The van der Waals surface area contributed by atoms with Crippen LogP contribution in [0.15, 0.2) is 29.2 Å². The van der Waals surface area contributed by atoms with E-state index >= 15 is 0 Å². The summed E-state index contributed by atoms with van der Waals surface area (Å²) in [7, 11) is -4.53. The average Bonchev–Trinajstić information content (AvgIpc) is 3.57. The summed E-state index contributed by atoms with van der Waals surface area (Å²) in [6.45, 7) is 6.71. The Morgan fingerprint density at radius 3 is 2.31 bits per heavy atom. The monoisotopic (exact) mass is 512 g/mol. The number of carboxylic acid groups (broad SMARTS) is 1. The van der Waals surface area contributed by atoms with Crippen LogP contribution in [-0.4, -0.2) is 73.1 Å². The Labute approximate surface area is 204 Å². The lowest BCUT2D eigenvalue weighted by Gasteiger charge is -2.28. The zero-order chi connectivity index (χ0) is 26.4. The number of esters is 2. The second-order valence-electron chi connectivity index (χ2n) is 9.08. The minimum absolute atomic E-state index is 0.0133. The van der Waals surface area contributed by atoms with Gasteiger partial charge in [0.2, 0.25) is 15.9 Å². The van der Waals surface area contributed by atoms with Gasteiger partial charge < -0.3 is 19.5 Å². The molecule has 0 bridgehead atoms. The first-order valence-electron chi connectivity index (χ1n) is 11.3. The molecule has 1 aliphatic rings. The number of sulfonamides is 1. The van der Waals surface area contributed by atoms with Crippen molar-refractivity contribution in [1.82, 2.24) is 9.62 Å². The van der Waals surface area contributed by atoms with Crippen molar-refractivity contribution in [2.45, 2.75) is 76.0 Å². The zero-order valence-electron chi connectivity index (χ0n) is 20.3. The van der Waals surface area contributed by atoms with Crippen LogP contribution in [0.4, 0.5) is 0 Å². The van der Waals surface area contributed by atoms with E-state index in [9.17, 15) is 32.7 Å². The third kappa shape index (κ3) is 8.62. The molecule has 1 atom stereocenters. The van der Waals surface area contributed by atoms with Gasteiger partial charge in [0.1, 0.15) is 11.6 Å². The van der Waals surface area contributed by atoms with Crippen LogP contribution >= 0.6 is 0 Å². The zero-order valence-corrected chi connectivity index (χ0v) is 21.1. The van der Waals surface area contributed by atoms with Crippen molar-refractivity contribution in [2.75, 3.05) is 13.2 Å². The van der Waals surface area contributed by atoms with Gasteiger partial charge in [0.25, 0.3) is 0 Å². The Kier molecular flexibility index (Phi) is 9.38. The third-order valence-corrected chi connectivity index (χ3v) is 6.46. The smallest absolute Gasteiger partial charge is 0.337 e. The molecule has 2 N–H and O–H groups in total. The highest BCUT2D eigenvalue weighted by Gasteiger charge is 2.39. The first-order chi connectivity index (χ1) is 16.2. The average molecular weight is 513 g/mol. The predicted octanol–water partition coefficient (Wildman–Crippen LogP) is 1.71. The van der Waals surface area contributed by atoms with Crippen LogP contribution in [0.1, 0.15) is 63.7 Å². The van der Waals surface area contributed by atoms with Gasteiger partial charge in [0.05, 0.1) is 29.9 Å². The summed E-state index contributed by atoms with van der Waals surface area (Å²) in [5, 5.41) is 9.39. The Hall–Kier alpha value is -2.99. The summed E-state index contributed by atoms with van der Waals surface area (Å²) in [5.74, 6) is -3.49. The van der Waals surface area contributed by atoms with Crippen molar-refractivity contribution in [1.29, 1.82) is 0 Å². The highest BCUT2D eigenvalue weighted by atomic mass is 32.2. The number of rotatable bonds is 12. The van der Waals surface area contributed by atoms with E-state index in [2.05, 4.69) is 4.72 Å². The van der Waals surface area contributed by atoms with Crippen molar-refractivity contribution in [3.63, 3.8) is 0 Å². The van der Waals surface area contributed by atoms with Gasteiger partial charge in [-0.25, -0.2) is 13.2 Å². The molecule has 0 aromatic heterocycles. The second-order valence-corrected chi connectivity index (χ2v) is 10.8. The molecule has 0 aliphatic heterocycles. The molecule has 1 aromatic carbocycles. The van der Waals surface area contributed by atoms with E-state index in [0.29, 0.717) is 12.8 Å². The molecule has 0 saturated heterocycles. The lowest BCUT2D eigenvalue weighted by Crippen LogP contribution is -2.51. The number of carbonyl (C=O) groups is 4. The SMILES string of the molecule is CCOC(=O)CCN(C(=O)C(CC(=O)OC(C)(C)C)NS(=O)(=O)c1ccccc1C(=O)O)C1CC1. The van der Waals surface area contributed by atoms with E-state index < -0.39 is 62.4 Å². The number of hydrogen-bond donors (Lipinski definition) is 2. The van der Waals surface area contributed by atoms with Crippen molar-refractivity contribution in [3.8, 4) is 0 Å². The maximum Gasteiger partial charge on any atom is 0.337 e. The van der Waals surface area contributed by atoms with Gasteiger partial charge in [-0.1, -0.05) is 12.1 Å². The molecule has 12 heteroatoms. The summed E-state index contributed by atoms with van der Waals surface area (Å²) in [4.78, 5) is 50.2. The van der Waals surface area contributed by atoms with Crippen LogP contribution in [0.2, 0.25) is 0 Å². The fourth-order valence-electron chi connectivity index (χ4n) is 3.36. The quantitative estimate of drug-likeness (QED) is 0.398. The number of ether oxygens (including phenoxy) is 2. The summed E-state index contributed by atoms with van der Waals surface area (Å²) >= 11 is 0. The lowest BCUT2D eigenvalue weighted by atomic mass is 10.1. The number of nitrogens with zero attached hydrogens (tertiary/aromatic N) is 1. The number of hydrogen-bond acceptors (Lipinski definition) is 8. The molecule has 1 saturated carbocycles. The van der Waals surface area contributed by atoms with E-state index in [0.717, 1.165) is 12.1 Å². The molecule has 194 valence electrons. The van der Waals surface area contributed by atoms with Crippen molar-refractivity contribution < 1.29 is 42.2 Å². The van der Waals surface area contributed by atoms with E-state index in [1.54, 1.807) is 27.7 Å². The molecule has 1 aromatic rings. The van der Waals surface area contributed by atoms with Gasteiger partial charge in [-0.3, -0.25) is 14.4 Å². The third-order valence-electron chi connectivity index (χ3n) is 4.93. The van der Waals surface area contributed by atoms with Crippen LogP contribution in [0, 0.1) is 0 Å². The van der Waals surface area contributed by atoms with Crippen molar-refractivity contribution in [2.24, 2.45) is 0 Å². The predicted molar refractivity (Wildman–Crippen MR) is 124 cm³/mol. The molecule has 35 heavy (non-hydrogen) atoms. The lowest BCUT2D eigenvalue weighted by molar-refractivity contribution is -0.157. The minimum Gasteiger partial charge on any atom is -0.478 e. The molecule has 1 unspecified atom stereocenters. The summed E-state index contributed by atoms with van der Waals surface area (Å²) < 4.78 is 38.6. The molecule has 0 radical (unpaired) electrons. The van der Waals surface area contributed by atoms with Crippen LogP contribution in [-0.2, 0) is 33.9 Å². The van der Waals surface area contributed by atoms with Gasteiger partial charge in [-0.15, -0.1) is 0 Å². The fourth-order valence-corrected chi connectivity index (χ4v) is 4.75. The second kappa shape index (κ2) is 11.6. The Bertz CT molecular complexity index is 1060. The fraction of sp³-hybridized carbons (Fsp3) is 0.565. The largest absolute Gasteiger partial charge is 0.478 e. The number of aromatic carboxylic acids is 1. The number of carbonyl (C=O) groups excluding carboxylic acids is 3. The Morgan fingerprint density at radius 2 is 1.77 bits per heavy atom. The summed E-state index contributed by atoms with van der Waals surface area (Å²) in [6, 6.07) is 3.17. The normalized spacial score (nSPS) is 14.6. The molecule has 0 spiro atoms. The van der Waals surface area contributed by atoms with Crippen molar-refractivity contribution >= 4 is 33.8 Å². The maximum atomic E-state index is 13.4. The number of benzene rings is 1. The Morgan fingerprint density at radius 1 is 1.14 bits per heavy atom. The minimum atomic E-state index is -4.53. The van der Waals surface area contributed by atoms with Gasteiger partial charge in [0.15, 0.2) is 0 Å². The first kappa shape index (κ1) is 28.2. The van der Waals surface area contributed by atoms with E-state index in [-0.39, 0.29) is 25.6 Å². The molecule has 2 rings (SSSR count). The number of amides is 1. The number of carboxylic acids is 1. The van der Waals surface area contributed by atoms with Gasteiger partial charge in [-0.2, -0.15) is 4.72 Å². The standard InChI is InChI=1S/C23H32N2O9S/c1-5-33-19(26)12-13-25(15-10-11-15)21(28)17(14-20(27)34-23(2,3)4)24-35(31,32)18-9-7-6-8-16(18)22(29)30/h6-9,15,17,24H,5,10-14H2,1-4H3,(H,29,30). The van der Waals surface area contributed by atoms with Gasteiger partial charge in [-0.05, 0) is 52.7 Å². The van der Waals surface area contributed by atoms with Gasteiger partial charge in [0, 0.05) is 12.6 Å². The Balaban J connectivity index is 2.35. The molecule has 1 fully saturated rings.